The van der Waals surface area contributed by atoms with Gasteiger partial charge in [-0.15, -0.1) is 0 Å². The highest BCUT2D eigenvalue weighted by Gasteiger charge is 2.32. The molecule has 1 atom stereocenters. The van der Waals surface area contributed by atoms with Crippen LogP contribution in [0.1, 0.15) is 24.3 Å². The van der Waals surface area contributed by atoms with Gasteiger partial charge in [0.25, 0.3) is 11.5 Å². The monoisotopic (exact) mass is 629 g/mol. The van der Waals surface area contributed by atoms with Crippen LogP contribution in [0, 0.1) is 0 Å². The molecule has 0 spiro atoms. The lowest BCUT2D eigenvalue weighted by molar-refractivity contribution is -0.113. The molecule has 2 aromatic heterocycles. The molecule has 0 radical (unpaired) electrons. The van der Waals surface area contributed by atoms with Crippen LogP contribution < -0.4 is 20.2 Å². The number of carbonyl (C=O) groups is 1. The fraction of sp³-hybridized carbons (Fsp3) is 0.0645. The van der Waals surface area contributed by atoms with Crippen LogP contribution in [0.25, 0.3) is 17.4 Å². The molecule has 0 aliphatic carbocycles. The quantitative estimate of drug-likeness (QED) is 0.239. The van der Waals surface area contributed by atoms with E-state index in [9.17, 15) is 9.59 Å². The van der Waals surface area contributed by atoms with Gasteiger partial charge in [0.1, 0.15) is 11.5 Å². The molecule has 1 amide bonds. The van der Waals surface area contributed by atoms with Crippen molar-refractivity contribution >= 4 is 56.5 Å². The predicted octanol–water partition coefficient (Wildman–Crippen LogP) is 6.55. The molecule has 1 aliphatic heterocycles. The molecule has 1 N–H and O–H groups in total. The number of hydrogen-bond acceptors (Lipinski definition) is 5. The van der Waals surface area contributed by atoms with E-state index in [1.54, 1.807) is 23.6 Å². The third-order valence-electron chi connectivity index (χ3n) is 6.49. The lowest BCUT2D eigenvalue weighted by atomic mass is 9.95. The first-order chi connectivity index (χ1) is 19.4. The van der Waals surface area contributed by atoms with Gasteiger partial charge in [0.2, 0.25) is 0 Å². The molecule has 3 aromatic carbocycles. The van der Waals surface area contributed by atoms with Crippen molar-refractivity contribution < 1.29 is 9.21 Å². The van der Waals surface area contributed by atoms with Crippen molar-refractivity contribution in [2.75, 3.05) is 5.32 Å². The smallest absolute Gasteiger partial charge is 0.271 e. The summed E-state index contributed by atoms with van der Waals surface area (Å²) in [6, 6.07) is 27.2. The summed E-state index contributed by atoms with van der Waals surface area (Å²) < 4.78 is 8.96. The predicted molar refractivity (Wildman–Crippen MR) is 162 cm³/mol. The number of aromatic nitrogens is 1. The van der Waals surface area contributed by atoms with Crippen molar-refractivity contribution in [3.8, 4) is 11.3 Å². The minimum atomic E-state index is -0.658. The summed E-state index contributed by atoms with van der Waals surface area (Å²) in [4.78, 5) is 32.7. The zero-order valence-electron chi connectivity index (χ0n) is 21.1. The van der Waals surface area contributed by atoms with E-state index in [2.05, 4.69) is 21.2 Å². The van der Waals surface area contributed by atoms with Crippen LogP contribution in [0.15, 0.2) is 121 Å². The van der Waals surface area contributed by atoms with Gasteiger partial charge in [0.05, 0.1) is 21.8 Å². The van der Waals surface area contributed by atoms with Crippen LogP contribution in [-0.2, 0) is 4.79 Å². The Morgan fingerprint density at radius 2 is 1.82 bits per heavy atom. The highest BCUT2D eigenvalue weighted by molar-refractivity contribution is 9.10. The SMILES string of the molecule is CC1=C(C(=O)Nc2ccccc2)[C@@H](c2ccc(Br)cc2)n2c(s/c(=C/c3ccc(-c4cccc(Cl)c4)o3)c2=O)=N1. The molecule has 40 heavy (non-hydrogen) atoms. The first-order valence-corrected chi connectivity index (χ1v) is 14.4. The lowest BCUT2D eigenvalue weighted by Gasteiger charge is -2.25. The third-order valence-corrected chi connectivity index (χ3v) is 8.24. The van der Waals surface area contributed by atoms with E-state index in [4.69, 9.17) is 21.0 Å². The third kappa shape index (κ3) is 5.13. The van der Waals surface area contributed by atoms with Crippen LogP contribution in [0.5, 0.6) is 0 Å². The van der Waals surface area contributed by atoms with Crippen LogP contribution in [0.4, 0.5) is 5.69 Å². The standard InChI is InChI=1S/C31H21BrClN3O3S/c1-18-27(29(37)35-23-8-3-2-4-9-23)28(19-10-12-21(32)13-11-19)36-30(38)26(40-31(36)34-18)17-24-14-15-25(39-24)20-6-5-7-22(33)16-20/h2-17,28H,1H3,(H,35,37)/b26-17+/t28-/m1/s1. The molecule has 0 bridgehead atoms. The number of hydrogen-bond donors (Lipinski definition) is 1. The second-order valence-electron chi connectivity index (χ2n) is 9.17. The molecule has 5 aromatic rings. The number of thiazole rings is 1. The molecule has 0 unspecified atom stereocenters. The maximum atomic E-state index is 13.9. The van der Waals surface area contributed by atoms with E-state index >= 15 is 0 Å². The van der Waals surface area contributed by atoms with E-state index < -0.39 is 6.04 Å². The molecule has 0 saturated carbocycles. The number of carbonyl (C=O) groups excluding carboxylic acids is 1. The van der Waals surface area contributed by atoms with Crippen molar-refractivity contribution in [3.63, 3.8) is 0 Å². The average molecular weight is 631 g/mol. The van der Waals surface area contributed by atoms with Gasteiger partial charge in [-0.05, 0) is 61.0 Å². The van der Waals surface area contributed by atoms with Crippen molar-refractivity contribution in [1.82, 2.24) is 4.57 Å². The van der Waals surface area contributed by atoms with E-state index in [0.29, 0.717) is 42.8 Å². The Labute approximate surface area is 246 Å². The molecular weight excluding hydrogens is 610 g/mol. The second kappa shape index (κ2) is 10.9. The fourth-order valence-corrected chi connectivity index (χ4v) is 6.13. The Balaban J connectivity index is 1.45. The van der Waals surface area contributed by atoms with Crippen LogP contribution in [-0.4, -0.2) is 10.5 Å². The van der Waals surface area contributed by atoms with Crippen molar-refractivity contribution in [3.05, 3.63) is 143 Å². The Kier molecular flexibility index (Phi) is 7.14. The maximum absolute atomic E-state index is 13.9. The molecule has 1 aliphatic rings. The Morgan fingerprint density at radius 1 is 1.05 bits per heavy atom. The molecule has 6 rings (SSSR count). The molecule has 6 nitrogen and oxygen atoms in total. The number of rotatable bonds is 5. The Bertz CT molecular complexity index is 1960. The topological polar surface area (TPSA) is 76.6 Å². The number of benzene rings is 3. The largest absolute Gasteiger partial charge is 0.457 e. The zero-order chi connectivity index (χ0) is 27.8. The fourth-order valence-electron chi connectivity index (χ4n) is 4.65. The summed E-state index contributed by atoms with van der Waals surface area (Å²) in [6.45, 7) is 1.80. The number of nitrogens with one attached hydrogen (secondary N) is 1. The summed E-state index contributed by atoms with van der Waals surface area (Å²) in [7, 11) is 0. The van der Waals surface area contributed by atoms with Crippen molar-refractivity contribution in [2.45, 2.75) is 13.0 Å². The second-order valence-corrected chi connectivity index (χ2v) is 11.5. The highest BCUT2D eigenvalue weighted by atomic mass is 79.9. The van der Waals surface area contributed by atoms with Crippen LogP contribution >= 0.6 is 38.9 Å². The van der Waals surface area contributed by atoms with Crippen molar-refractivity contribution in [2.24, 2.45) is 4.99 Å². The molecule has 198 valence electrons. The molecule has 3 heterocycles. The van der Waals surface area contributed by atoms with Gasteiger partial charge in [-0.25, -0.2) is 4.99 Å². The minimum Gasteiger partial charge on any atom is -0.457 e. The summed E-state index contributed by atoms with van der Waals surface area (Å²) >= 11 is 10.9. The van der Waals surface area contributed by atoms with E-state index in [1.807, 2.05) is 84.9 Å². The number of fused-ring (bicyclic) bond motifs is 1. The minimum absolute atomic E-state index is 0.255. The number of furan rings is 1. The van der Waals surface area contributed by atoms with E-state index in [1.165, 1.54) is 11.3 Å². The van der Waals surface area contributed by atoms with Gasteiger partial charge < -0.3 is 9.73 Å². The zero-order valence-corrected chi connectivity index (χ0v) is 24.3. The number of anilines is 1. The van der Waals surface area contributed by atoms with Gasteiger partial charge in [-0.3, -0.25) is 14.2 Å². The molecule has 0 fully saturated rings. The number of amides is 1. The Hall–Kier alpha value is -3.98. The average Bonchev–Trinajstić information content (AvgIpc) is 3.53. The Morgan fingerprint density at radius 3 is 2.58 bits per heavy atom. The van der Waals surface area contributed by atoms with Crippen LogP contribution in [0.2, 0.25) is 5.02 Å². The van der Waals surface area contributed by atoms with Gasteiger partial charge in [-0.2, -0.15) is 0 Å². The normalized spacial score (nSPS) is 15.1. The van der Waals surface area contributed by atoms with Gasteiger partial charge >= 0.3 is 0 Å². The number of allylic oxidation sites excluding steroid dienone is 1. The highest BCUT2D eigenvalue weighted by Crippen LogP contribution is 2.31. The lowest BCUT2D eigenvalue weighted by Crippen LogP contribution is -2.40. The van der Waals surface area contributed by atoms with Gasteiger partial charge in [-0.1, -0.05) is 81.3 Å². The van der Waals surface area contributed by atoms with Crippen molar-refractivity contribution in [1.29, 1.82) is 0 Å². The summed E-state index contributed by atoms with van der Waals surface area (Å²) in [5, 5.41) is 3.57. The van der Waals surface area contributed by atoms with Gasteiger partial charge in [0, 0.05) is 26.8 Å². The molecular formula is C31H21BrClN3O3S. The van der Waals surface area contributed by atoms with E-state index in [-0.39, 0.29) is 11.5 Å². The summed E-state index contributed by atoms with van der Waals surface area (Å²) in [6.07, 6.45) is 1.71. The first-order valence-electron chi connectivity index (χ1n) is 12.4. The number of para-hydroxylation sites is 1. The number of nitrogens with zero attached hydrogens (tertiary/aromatic N) is 2. The maximum Gasteiger partial charge on any atom is 0.271 e. The van der Waals surface area contributed by atoms with E-state index in [0.717, 1.165) is 15.6 Å². The molecule has 0 saturated heterocycles. The summed E-state index contributed by atoms with van der Waals surface area (Å²) in [5.74, 6) is 0.856. The van der Waals surface area contributed by atoms with Crippen LogP contribution in [0.3, 0.4) is 0 Å². The first kappa shape index (κ1) is 26.3. The number of halogens is 2. The van der Waals surface area contributed by atoms with Gasteiger partial charge in [0.15, 0.2) is 4.80 Å². The molecule has 9 heteroatoms. The summed E-state index contributed by atoms with van der Waals surface area (Å²) in [5.41, 5.74) is 3.00.